The van der Waals surface area contributed by atoms with E-state index in [0.717, 1.165) is 27.8 Å². The van der Waals surface area contributed by atoms with Crippen LogP contribution in [0.1, 0.15) is 81.7 Å². The number of nitrogens with one attached hydrogen (secondary N) is 3. The van der Waals surface area contributed by atoms with Crippen molar-refractivity contribution in [2.45, 2.75) is 102 Å². The van der Waals surface area contributed by atoms with E-state index < -0.39 is 77.5 Å². The molecule has 0 aromatic heterocycles. The highest BCUT2D eigenvalue weighted by Gasteiger charge is 2.40. The zero-order chi connectivity index (χ0) is 47.0. The molecule has 5 aromatic carbocycles. The van der Waals surface area contributed by atoms with Crippen molar-refractivity contribution in [2.24, 2.45) is 5.92 Å². The van der Waals surface area contributed by atoms with Crippen LogP contribution in [0.5, 0.6) is 0 Å². The van der Waals surface area contributed by atoms with E-state index in [-0.39, 0.29) is 25.9 Å². The summed E-state index contributed by atoms with van der Waals surface area (Å²) in [6, 6.07) is 43.7. The maximum Gasteiger partial charge on any atom is 0.408 e. The minimum Gasteiger partial charge on any atom is -0.460 e. The van der Waals surface area contributed by atoms with Crippen LogP contribution < -0.4 is 16.0 Å². The normalized spacial score (nSPS) is 13.4. The largest absolute Gasteiger partial charge is 0.460 e. The first-order valence-electron chi connectivity index (χ1n) is 22.0. The van der Waals surface area contributed by atoms with Crippen molar-refractivity contribution >= 4 is 29.8 Å². The molecule has 0 aliphatic carbocycles. The molecule has 0 heterocycles. The average molecular weight is 883 g/mol. The highest BCUT2D eigenvalue weighted by molar-refractivity contribution is 5.92. The summed E-state index contributed by atoms with van der Waals surface area (Å²) in [6.07, 6.45) is -2.85. The summed E-state index contributed by atoms with van der Waals surface area (Å²) < 4.78 is 11.0. The van der Waals surface area contributed by atoms with Crippen molar-refractivity contribution in [1.82, 2.24) is 20.9 Å². The molecule has 0 saturated heterocycles. The van der Waals surface area contributed by atoms with Gasteiger partial charge in [0, 0.05) is 13.5 Å². The van der Waals surface area contributed by atoms with Crippen LogP contribution in [-0.2, 0) is 47.2 Å². The van der Waals surface area contributed by atoms with Crippen molar-refractivity contribution in [2.75, 3.05) is 7.05 Å². The molecule has 342 valence electrons. The standard InChI is InChI=1S/C53H62N4O8/c1-37(2)48(55-51(63)64-36-39-24-14-8-15-25-39)50(62)57(6)44(49(61)54-43(34-38-22-12-7-13-23-38)45(58)35-47(60)65-52(3,4)5)32-33-46(59)56-53(40-26-16-9-17-27-40,41-28-18-10-19-29-41)42-30-20-11-21-31-42/h7-31,37,43-45,48,58H,32-36H2,1-6H3,(H,54,61)(H,55,63)(H,56,59)/t43-,44-,45-,48-/m0/s1. The number of aliphatic hydroxyl groups is 1. The fourth-order valence-corrected chi connectivity index (χ4v) is 7.73. The van der Waals surface area contributed by atoms with E-state index in [1.807, 2.05) is 152 Å². The molecule has 5 rings (SSSR count). The summed E-state index contributed by atoms with van der Waals surface area (Å²) in [4.78, 5) is 71.2. The molecule has 0 aliphatic heterocycles. The number of benzene rings is 5. The zero-order valence-electron chi connectivity index (χ0n) is 38.1. The van der Waals surface area contributed by atoms with Crippen molar-refractivity contribution in [3.63, 3.8) is 0 Å². The van der Waals surface area contributed by atoms with Crippen LogP contribution in [0.15, 0.2) is 152 Å². The Morgan fingerprint density at radius 3 is 1.58 bits per heavy atom. The van der Waals surface area contributed by atoms with Crippen LogP contribution in [0.4, 0.5) is 4.79 Å². The fourth-order valence-electron chi connectivity index (χ4n) is 7.73. The van der Waals surface area contributed by atoms with Gasteiger partial charge in [-0.2, -0.15) is 0 Å². The maximum absolute atomic E-state index is 14.8. The molecule has 0 radical (unpaired) electrons. The van der Waals surface area contributed by atoms with E-state index >= 15 is 0 Å². The lowest BCUT2D eigenvalue weighted by molar-refractivity contribution is -0.157. The second kappa shape index (κ2) is 23.2. The Morgan fingerprint density at radius 2 is 1.12 bits per heavy atom. The van der Waals surface area contributed by atoms with Crippen LogP contribution in [-0.4, -0.2) is 76.7 Å². The number of hydrogen-bond donors (Lipinski definition) is 4. The molecule has 4 amide bonds. The third-order valence-corrected chi connectivity index (χ3v) is 11.0. The second-order valence-corrected chi connectivity index (χ2v) is 17.5. The molecule has 4 N–H and O–H groups in total. The number of aliphatic hydroxyl groups excluding tert-OH is 1. The zero-order valence-corrected chi connectivity index (χ0v) is 38.1. The molecule has 12 heteroatoms. The third-order valence-electron chi connectivity index (χ3n) is 11.0. The summed E-state index contributed by atoms with van der Waals surface area (Å²) in [7, 11) is 1.45. The number of likely N-dealkylation sites (N-methyl/N-ethyl adjacent to an activating group) is 1. The van der Waals surface area contributed by atoms with Gasteiger partial charge < -0.3 is 35.4 Å². The van der Waals surface area contributed by atoms with Crippen LogP contribution >= 0.6 is 0 Å². The Bertz CT molecular complexity index is 2190. The Morgan fingerprint density at radius 1 is 0.662 bits per heavy atom. The van der Waals surface area contributed by atoms with E-state index in [1.54, 1.807) is 34.6 Å². The van der Waals surface area contributed by atoms with Gasteiger partial charge in [0.2, 0.25) is 17.7 Å². The van der Waals surface area contributed by atoms with E-state index in [1.165, 1.54) is 11.9 Å². The van der Waals surface area contributed by atoms with E-state index in [9.17, 15) is 29.1 Å². The van der Waals surface area contributed by atoms with Crippen molar-refractivity contribution < 1.29 is 38.6 Å². The topological polar surface area (TPSA) is 163 Å². The Kier molecular flexibility index (Phi) is 17.6. The molecule has 5 aromatic rings. The molecule has 65 heavy (non-hydrogen) atoms. The quantitative estimate of drug-likeness (QED) is 0.0462. The molecule has 12 nitrogen and oxygen atoms in total. The summed E-state index contributed by atoms with van der Waals surface area (Å²) >= 11 is 0. The molecule has 0 unspecified atom stereocenters. The van der Waals surface area contributed by atoms with Crippen LogP contribution in [0, 0.1) is 5.92 Å². The van der Waals surface area contributed by atoms with Crippen LogP contribution in [0.3, 0.4) is 0 Å². The lowest BCUT2D eigenvalue weighted by atomic mass is 9.77. The predicted octanol–water partition coefficient (Wildman–Crippen LogP) is 7.47. The summed E-state index contributed by atoms with van der Waals surface area (Å²) in [5.41, 5.74) is 2.01. The Labute approximate surface area is 382 Å². The summed E-state index contributed by atoms with van der Waals surface area (Å²) in [5, 5.41) is 20.5. The van der Waals surface area contributed by atoms with Gasteiger partial charge in [0.05, 0.1) is 18.6 Å². The number of amides is 4. The van der Waals surface area contributed by atoms with Gasteiger partial charge in [-0.25, -0.2) is 4.79 Å². The highest BCUT2D eigenvalue weighted by atomic mass is 16.6. The van der Waals surface area contributed by atoms with Gasteiger partial charge in [-0.3, -0.25) is 19.2 Å². The van der Waals surface area contributed by atoms with Gasteiger partial charge in [-0.1, -0.05) is 166 Å². The van der Waals surface area contributed by atoms with E-state index in [0.29, 0.717) is 0 Å². The Hall–Kier alpha value is -6.79. The molecule has 0 bridgehead atoms. The third kappa shape index (κ3) is 14.1. The second-order valence-electron chi connectivity index (χ2n) is 17.5. The number of alkyl carbamates (subject to hydrolysis) is 1. The SMILES string of the molecule is CC(C)[C@H](NC(=O)OCc1ccccc1)C(=O)N(C)[C@@H](CCC(=O)NC(c1ccccc1)(c1ccccc1)c1ccccc1)C(=O)N[C@@H](Cc1ccccc1)[C@@H](O)CC(=O)OC(C)(C)C. The van der Waals surface area contributed by atoms with Crippen LogP contribution in [0.25, 0.3) is 0 Å². The number of esters is 1. The number of ether oxygens (including phenoxy) is 2. The smallest absolute Gasteiger partial charge is 0.408 e. The molecule has 0 fully saturated rings. The van der Waals surface area contributed by atoms with Crippen molar-refractivity contribution in [3.8, 4) is 0 Å². The van der Waals surface area contributed by atoms with Crippen molar-refractivity contribution in [1.29, 1.82) is 0 Å². The Balaban J connectivity index is 1.47. The molecule has 0 aliphatic rings. The molecule has 4 atom stereocenters. The number of rotatable bonds is 20. The lowest BCUT2D eigenvalue weighted by Crippen LogP contribution is -2.58. The molecule has 0 saturated carbocycles. The van der Waals surface area contributed by atoms with Gasteiger partial charge in [0.1, 0.15) is 29.8 Å². The lowest BCUT2D eigenvalue weighted by Gasteiger charge is -2.37. The average Bonchev–Trinajstić information content (AvgIpc) is 3.29. The number of nitrogens with zero attached hydrogens (tertiary/aromatic N) is 1. The summed E-state index contributed by atoms with van der Waals surface area (Å²) in [5.74, 6) is -2.77. The van der Waals surface area contributed by atoms with Gasteiger partial charge in [0.25, 0.3) is 0 Å². The summed E-state index contributed by atoms with van der Waals surface area (Å²) in [6.45, 7) is 8.66. The monoisotopic (exact) mass is 882 g/mol. The first-order valence-corrected chi connectivity index (χ1v) is 22.0. The number of hydrogen-bond acceptors (Lipinski definition) is 8. The van der Waals surface area contributed by atoms with Gasteiger partial charge in [-0.15, -0.1) is 0 Å². The molecular weight excluding hydrogens is 821 g/mol. The minimum atomic E-state index is -1.38. The van der Waals surface area contributed by atoms with Gasteiger partial charge in [0.15, 0.2) is 0 Å². The van der Waals surface area contributed by atoms with Crippen molar-refractivity contribution in [3.05, 3.63) is 179 Å². The molecule has 0 spiro atoms. The van der Waals surface area contributed by atoms with Crippen LogP contribution in [0.2, 0.25) is 0 Å². The van der Waals surface area contributed by atoms with Gasteiger partial charge >= 0.3 is 12.1 Å². The first-order chi connectivity index (χ1) is 31.1. The fraction of sp³-hybridized carbons (Fsp3) is 0.340. The van der Waals surface area contributed by atoms with E-state index in [4.69, 9.17) is 9.47 Å². The predicted molar refractivity (Wildman–Crippen MR) is 250 cm³/mol. The number of carbonyl (C=O) groups excluding carboxylic acids is 5. The van der Waals surface area contributed by atoms with Gasteiger partial charge in [-0.05, 0) is 67.3 Å². The van der Waals surface area contributed by atoms with E-state index in [2.05, 4.69) is 16.0 Å². The first kappa shape index (κ1) is 49.2. The maximum atomic E-state index is 14.8. The molecular formula is C53H62N4O8. The minimum absolute atomic E-state index is 0.0213. The number of carbonyl (C=O) groups is 5. The highest BCUT2D eigenvalue weighted by Crippen LogP contribution is 2.37.